The molecule has 0 radical (unpaired) electrons. The van der Waals surface area contributed by atoms with Crippen LogP contribution in [0.4, 0.5) is 0 Å². The highest BCUT2D eigenvalue weighted by Gasteiger charge is 2.16. The minimum Gasteiger partial charge on any atom is -0.375 e. The maximum absolute atomic E-state index is 11.8. The molecule has 1 rings (SSSR count). The van der Waals surface area contributed by atoms with Crippen molar-refractivity contribution in [3.63, 3.8) is 0 Å². The van der Waals surface area contributed by atoms with Crippen molar-refractivity contribution in [1.29, 1.82) is 0 Å². The van der Waals surface area contributed by atoms with Gasteiger partial charge in [0.25, 0.3) is 10.0 Å². The molecule has 0 amide bonds. The maximum Gasteiger partial charge on any atom is 0.257 e. The zero-order valence-corrected chi connectivity index (χ0v) is 10.6. The van der Waals surface area contributed by atoms with Gasteiger partial charge in [0.05, 0.1) is 4.90 Å². The van der Waals surface area contributed by atoms with Gasteiger partial charge < -0.3 is 5.73 Å². The number of hydrogen-bond acceptors (Lipinski definition) is 3. The lowest BCUT2D eigenvalue weighted by atomic mass is 10.2. The van der Waals surface area contributed by atoms with Crippen molar-refractivity contribution in [2.75, 3.05) is 7.05 Å². The summed E-state index contributed by atoms with van der Waals surface area (Å²) in [5.41, 5.74) is 6.26. The standard InChI is InChI=1S/C9H13N3O2S2/c1-7-3-5-8(6-4-7)16(13,14)11-12(2)9(10)15/h3-6,11H,1-2H3,(H2,10,15). The van der Waals surface area contributed by atoms with Crippen molar-refractivity contribution < 1.29 is 8.42 Å². The summed E-state index contributed by atoms with van der Waals surface area (Å²) < 4.78 is 23.6. The summed E-state index contributed by atoms with van der Waals surface area (Å²) in [5.74, 6) is 0. The molecule has 0 spiro atoms. The lowest BCUT2D eigenvalue weighted by Gasteiger charge is -2.17. The summed E-state index contributed by atoms with van der Waals surface area (Å²) in [6.45, 7) is 1.88. The molecule has 16 heavy (non-hydrogen) atoms. The second-order valence-corrected chi connectivity index (χ2v) is 5.38. The molecular weight excluding hydrogens is 246 g/mol. The molecule has 0 heterocycles. The normalized spacial score (nSPS) is 11.1. The second kappa shape index (κ2) is 4.77. The van der Waals surface area contributed by atoms with E-state index in [1.54, 1.807) is 12.1 Å². The predicted molar refractivity (Wildman–Crippen MR) is 66.0 cm³/mol. The van der Waals surface area contributed by atoms with Crippen LogP contribution in [-0.2, 0) is 10.0 Å². The Morgan fingerprint density at radius 2 is 1.88 bits per heavy atom. The average Bonchev–Trinajstić information content (AvgIpc) is 2.17. The molecule has 0 aliphatic heterocycles. The second-order valence-electron chi connectivity index (χ2n) is 3.31. The number of nitrogens with one attached hydrogen (secondary N) is 1. The minimum absolute atomic E-state index is 0.0457. The Balaban J connectivity index is 2.94. The summed E-state index contributed by atoms with van der Waals surface area (Å²) in [5, 5.41) is 1.03. The predicted octanol–water partition coefficient (Wildman–Crippen LogP) is 0.364. The van der Waals surface area contributed by atoms with Crippen LogP contribution in [0, 0.1) is 6.92 Å². The third kappa shape index (κ3) is 3.16. The molecule has 0 aliphatic rings. The zero-order chi connectivity index (χ0) is 12.3. The van der Waals surface area contributed by atoms with E-state index in [0.717, 1.165) is 10.6 Å². The van der Waals surface area contributed by atoms with Crippen LogP contribution >= 0.6 is 12.2 Å². The molecule has 0 fully saturated rings. The number of hydrogen-bond donors (Lipinski definition) is 2. The van der Waals surface area contributed by atoms with E-state index in [0.29, 0.717) is 0 Å². The van der Waals surface area contributed by atoms with E-state index in [1.165, 1.54) is 19.2 Å². The third-order valence-corrected chi connectivity index (χ3v) is 3.60. The van der Waals surface area contributed by atoms with Crippen LogP contribution in [0.3, 0.4) is 0 Å². The Morgan fingerprint density at radius 3 is 2.31 bits per heavy atom. The third-order valence-electron chi connectivity index (χ3n) is 1.92. The molecule has 88 valence electrons. The molecule has 1 aromatic rings. The number of aryl methyl sites for hydroxylation is 1. The van der Waals surface area contributed by atoms with Crippen LogP contribution in [0.1, 0.15) is 5.56 Å². The van der Waals surface area contributed by atoms with E-state index in [-0.39, 0.29) is 10.0 Å². The first-order valence-electron chi connectivity index (χ1n) is 4.45. The molecule has 1 aromatic carbocycles. The molecule has 0 bridgehead atoms. The highest BCUT2D eigenvalue weighted by molar-refractivity contribution is 7.89. The summed E-state index contributed by atoms with van der Waals surface area (Å²) in [6, 6.07) is 6.47. The fraction of sp³-hybridized carbons (Fsp3) is 0.222. The SMILES string of the molecule is Cc1ccc(S(=O)(=O)NN(C)C(N)=S)cc1. The zero-order valence-electron chi connectivity index (χ0n) is 8.97. The first-order valence-corrected chi connectivity index (χ1v) is 6.34. The van der Waals surface area contributed by atoms with Crippen molar-refractivity contribution in [3.05, 3.63) is 29.8 Å². The monoisotopic (exact) mass is 259 g/mol. The molecule has 3 N–H and O–H groups in total. The van der Waals surface area contributed by atoms with Gasteiger partial charge >= 0.3 is 0 Å². The molecule has 0 atom stereocenters. The molecule has 0 unspecified atom stereocenters. The molecule has 0 saturated heterocycles. The number of benzene rings is 1. The summed E-state index contributed by atoms with van der Waals surface area (Å²) >= 11 is 4.63. The van der Waals surface area contributed by atoms with Gasteiger partial charge in [0.15, 0.2) is 5.11 Å². The molecule has 0 aromatic heterocycles. The quantitative estimate of drug-likeness (QED) is 0.605. The molecule has 0 saturated carbocycles. The number of nitrogens with two attached hydrogens (primary N) is 1. The topological polar surface area (TPSA) is 75.4 Å². The number of sulfonamides is 1. The fourth-order valence-electron chi connectivity index (χ4n) is 0.995. The number of rotatable bonds is 3. The molecule has 7 heteroatoms. The van der Waals surface area contributed by atoms with Crippen LogP contribution in [-0.4, -0.2) is 25.6 Å². The summed E-state index contributed by atoms with van der Waals surface area (Å²) in [4.78, 5) is 2.40. The number of thiocarbonyl (C=S) groups is 1. The first-order chi connectivity index (χ1) is 7.33. The van der Waals surface area contributed by atoms with Crippen molar-refractivity contribution in [2.45, 2.75) is 11.8 Å². The fourth-order valence-corrected chi connectivity index (χ4v) is 2.16. The van der Waals surface area contributed by atoms with Crippen LogP contribution in [0.2, 0.25) is 0 Å². The molecule has 5 nitrogen and oxygen atoms in total. The largest absolute Gasteiger partial charge is 0.375 e. The van der Waals surface area contributed by atoms with Gasteiger partial charge in [0, 0.05) is 7.05 Å². The Morgan fingerprint density at radius 1 is 1.38 bits per heavy atom. The van der Waals surface area contributed by atoms with Crippen LogP contribution in [0.25, 0.3) is 0 Å². The van der Waals surface area contributed by atoms with Crippen molar-refractivity contribution in [3.8, 4) is 0 Å². The lowest BCUT2D eigenvalue weighted by molar-refractivity contribution is 0.449. The Kier molecular flexibility index (Phi) is 3.84. The van der Waals surface area contributed by atoms with Gasteiger partial charge in [-0.3, -0.25) is 5.01 Å². The van der Waals surface area contributed by atoms with Crippen LogP contribution < -0.4 is 10.6 Å². The van der Waals surface area contributed by atoms with Gasteiger partial charge in [-0.15, -0.1) is 4.83 Å². The Bertz CT molecular complexity index is 482. The van der Waals surface area contributed by atoms with Gasteiger partial charge in [0.2, 0.25) is 0 Å². The average molecular weight is 259 g/mol. The smallest absolute Gasteiger partial charge is 0.257 e. The van der Waals surface area contributed by atoms with Gasteiger partial charge in [-0.25, -0.2) is 8.42 Å². The van der Waals surface area contributed by atoms with Crippen molar-refractivity contribution in [2.24, 2.45) is 5.73 Å². The number of hydrazine groups is 1. The van der Waals surface area contributed by atoms with Gasteiger partial charge in [0.1, 0.15) is 0 Å². The Labute approximate surface area is 100 Å². The summed E-state index contributed by atoms with van der Waals surface area (Å²) in [7, 11) is -2.17. The minimum atomic E-state index is -3.61. The Hall–Kier alpha value is -1.18. The van der Waals surface area contributed by atoms with E-state index < -0.39 is 10.0 Å². The van der Waals surface area contributed by atoms with Gasteiger partial charge in [-0.2, -0.15) is 0 Å². The highest BCUT2D eigenvalue weighted by atomic mass is 32.2. The lowest BCUT2D eigenvalue weighted by Crippen LogP contribution is -2.45. The summed E-state index contributed by atoms with van der Waals surface area (Å²) in [6.07, 6.45) is 0. The van der Waals surface area contributed by atoms with Crippen molar-refractivity contribution >= 4 is 27.4 Å². The maximum atomic E-state index is 11.8. The van der Waals surface area contributed by atoms with Gasteiger partial charge in [-0.1, -0.05) is 17.7 Å². The molecule has 0 aliphatic carbocycles. The van der Waals surface area contributed by atoms with E-state index in [9.17, 15) is 8.42 Å². The highest BCUT2D eigenvalue weighted by Crippen LogP contribution is 2.09. The van der Waals surface area contributed by atoms with E-state index in [2.05, 4.69) is 17.0 Å². The van der Waals surface area contributed by atoms with E-state index >= 15 is 0 Å². The molecular formula is C9H13N3O2S2. The first kappa shape index (κ1) is 12.9. The van der Waals surface area contributed by atoms with Crippen LogP contribution in [0.5, 0.6) is 0 Å². The van der Waals surface area contributed by atoms with Gasteiger partial charge in [-0.05, 0) is 31.3 Å². The number of nitrogens with zero attached hydrogens (tertiary/aromatic N) is 1. The van der Waals surface area contributed by atoms with E-state index in [4.69, 9.17) is 5.73 Å². The van der Waals surface area contributed by atoms with Crippen molar-refractivity contribution in [1.82, 2.24) is 9.84 Å². The van der Waals surface area contributed by atoms with Crippen LogP contribution in [0.15, 0.2) is 29.2 Å². The van der Waals surface area contributed by atoms with E-state index in [1.807, 2.05) is 6.92 Å².